The van der Waals surface area contributed by atoms with Crippen LogP contribution >= 0.6 is 0 Å². The van der Waals surface area contributed by atoms with Crippen molar-refractivity contribution < 1.29 is 4.39 Å². The molecule has 25 heavy (non-hydrogen) atoms. The summed E-state index contributed by atoms with van der Waals surface area (Å²) in [6.45, 7) is 4.25. The quantitative estimate of drug-likeness (QED) is 0.300. The standard InChI is InChI=1S/C22H27FN2/c1-3-4-5-6-7-8-19-13-14-21(22(23)15-19)17-25-24-16-20-11-9-18(2)10-12-20/h9-17H,3-8H2,1-2H3. The van der Waals surface area contributed by atoms with E-state index in [0.717, 1.165) is 24.0 Å². The molecule has 2 nitrogen and oxygen atoms in total. The summed E-state index contributed by atoms with van der Waals surface area (Å²) in [4.78, 5) is 0. The lowest BCUT2D eigenvalue weighted by molar-refractivity contribution is 0.614. The molecule has 2 rings (SSSR count). The number of nitrogens with zero attached hydrogens (tertiary/aromatic N) is 2. The molecule has 132 valence electrons. The minimum Gasteiger partial charge on any atom is -0.206 e. The molecular formula is C22H27FN2. The Kier molecular flexibility index (Phi) is 8.03. The highest BCUT2D eigenvalue weighted by Gasteiger charge is 2.02. The number of benzene rings is 2. The summed E-state index contributed by atoms with van der Waals surface area (Å²) in [6.07, 6.45) is 10.2. The zero-order valence-corrected chi connectivity index (χ0v) is 15.2. The zero-order valence-electron chi connectivity index (χ0n) is 15.2. The lowest BCUT2D eigenvalue weighted by Gasteiger charge is -2.03. The van der Waals surface area contributed by atoms with Crippen molar-refractivity contribution >= 4 is 12.4 Å². The van der Waals surface area contributed by atoms with Crippen LogP contribution in [0.1, 0.15) is 61.3 Å². The van der Waals surface area contributed by atoms with Crippen molar-refractivity contribution in [2.45, 2.75) is 52.4 Å². The van der Waals surface area contributed by atoms with Gasteiger partial charge in [-0.3, -0.25) is 0 Å². The van der Waals surface area contributed by atoms with Crippen molar-refractivity contribution in [1.29, 1.82) is 0 Å². The molecule has 0 aliphatic rings. The third-order valence-electron chi connectivity index (χ3n) is 4.18. The lowest BCUT2D eigenvalue weighted by atomic mass is 10.0. The zero-order chi connectivity index (χ0) is 17.9. The third kappa shape index (κ3) is 7.00. The van der Waals surface area contributed by atoms with Crippen molar-refractivity contribution in [2.75, 3.05) is 0 Å². The normalized spacial score (nSPS) is 11.6. The summed E-state index contributed by atoms with van der Waals surface area (Å²) in [5.41, 5.74) is 3.69. The number of rotatable bonds is 9. The van der Waals surface area contributed by atoms with Crippen LogP contribution in [0.2, 0.25) is 0 Å². The van der Waals surface area contributed by atoms with Gasteiger partial charge in [-0.05, 0) is 37.0 Å². The first-order valence-electron chi connectivity index (χ1n) is 9.10. The Morgan fingerprint density at radius 1 is 0.880 bits per heavy atom. The van der Waals surface area contributed by atoms with E-state index in [4.69, 9.17) is 0 Å². The van der Waals surface area contributed by atoms with Gasteiger partial charge in [0.1, 0.15) is 5.82 Å². The molecule has 2 aromatic rings. The van der Waals surface area contributed by atoms with E-state index in [1.54, 1.807) is 18.3 Å². The van der Waals surface area contributed by atoms with Crippen LogP contribution in [0.25, 0.3) is 0 Å². The van der Waals surface area contributed by atoms with Gasteiger partial charge in [-0.2, -0.15) is 10.2 Å². The molecular weight excluding hydrogens is 311 g/mol. The second kappa shape index (κ2) is 10.5. The van der Waals surface area contributed by atoms with Crippen LogP contribution in [0.3, 0.4) is 0 Å². The Morgan fingerprint density at radius 3 is 2.32 bits per heavy atom. The fourth-order valence-corrected chi connectivity index (χ4v) is 2.61. The number of aryl methyl sites for hydroxylation is 2. The molecule has 0 aliphatic heterocycles. The Morgan fingerprint density at radius 2 is 1.60 bits per heavy atom. The molecule has 0 amide bonds. The molecule has 0 atom stereocenters. The van der Waals surface area contributed by atoms with E-state index in [1.807, 2.05) is 37.3 Å². The van der Waals surface area contributed by atoms with E-state index in [9.17, 15) is 4.39 Å². The molecule has 0 saturated heterocycles. The van der Waals surface area contributed by atoms with E-state index < -0.39 is 0 Å². The summed E-state index contributed by atoms with van der Waals surface area (Å²) >= 11 is 0. The van der Waals surface area contributed by atoms with E-state index in [1.165, 1.54) is 37.5 Å². The molecule has 2 aromatic carbocycles. The van der Waals surface area contributed by atoms with Crippen LogP contribution < -0.4 is 0 Å². The fraction of sp³-hybridized carbons (Fsp3) is 0.364. The highest BCUT2D eigenvalue weighted by molar-refractivity contribution is 5.82. The largest absolute Gasteiger partial charge is 0.206 e. The van der Waals surface area contributed by atoms with Crippen LogP contribution in [0.15, 0.2) is 52.7 Å². The van der Waals surface area contributed by atoms with E-state index >= 15 is 0 Å². The molecule has 0 aromatic heterocycles. The summed E-state index contributed by atoms with van der Waals surface area (Å²) in [6, 6.07) is 13.4. The first-order valence-corrected chi connectivity index (χ1v) is 9.10. The third-order valence-corrected chi connectivity index (χ3v) is 4.18. The molecule has 0 N–H and O–H groups in total. The van der Waals surface area contributed by atoms with Crippen LogP contribution in [0, 0.1) is 12.7 Å². The minimum atomic E-state index is -0.236. The molecule has 0 bridgehead atoms. The average molecular weight is 338 g/mol. The maximum Gasteiger partial charge on any atom is 0.132 e. The van der Waals surface area contributed by atoms with Crippen molar-refractivity contribution in [3.63, 3.8) is 0 Å². The number of hydrogen-bond acceptors (Lipinski definition) is 2. The van der Waals surface area contributed by atoms with Gasteiger partial charge < -0.3 is 0 Å². The van der Waals surface area contributed by atoms with Crippen LogP contribution in [-0.4, -0.2) is 12.4 Å². The maximum absolute atomic E-state index is 14.1. The van der Waals surface area contributed by atoms with Crippen LogP contribution in [0.4, 0.5) is 4.39 Å². The van der Waals surface area contributed by atoms with Gasteiger partial charge in [0.25, 0.3) is 0 Å². The van der Waals surface area contributed by atoms with Crippen molar-refractivity contribution in [3.05, 3.63) is 70.5 Å². The highest BCUT2D eigenvalue weighted by Crippen LogP contribution is 2.13. The Labute approximate surface area is 150 Å². The first kappa shape index (κ1) is 19.0. The summed E-state index contributed by atoms with van der Waals surface area (Å²) in [5.74, 6) is -0.236. The van der Waals surface area contributed by atoms with E-state index in [0.29, 0.717) is 5.56 Å². The van der Waals surface area contributed by atoms with Gasteiger partial charge >= 0.3 is 0 Å². The fourth-order valence-electron chi connectivity index (χ4n) is 2.61. The van der Waals surface area contributed by atoms with Crippen molar-refractivity contribution in [1.82, 2.24) is 0 Å². The molecule has 0 fully saturated rings. The molecule has 0 radical (unpaired) electrons. The topological polar surface area (TPSA) is 24.7 Å². The van der Waals surface area contributed by atoms with Gasteiger partial charge in [-0.1, -0.05) is 74.6 Å². The summed E-state index contributed by atoms with van der Waals surface area (Å²) < 4.78 is 14.1. The van der Waals surface area contributed by atoms with Gasteiger partial charge in [0.05, 0.1) is 12.4 Å². The monoisotopic (exact) mass is 338 g/mol. The molecule has 0 heterocycles. The van der Waals surface area contributed by atoms with Crippen molar-refractivity contribution in [3.8, 4) is 0 Å². The number of halogens is 1. The Hall–Kier alpha value is -2.29. The minimum absolute atomic E-state index is 0.236. The lowest BCUT2D eigenvalue weighted by Crippen LogP contribution is -1.93. The van der Waals surface area contributed by atoms with Gasteiger partial charge in [0.15, 0.2) is 0 Å². The molecule has 0 saturated carbocycles. The van der Waals surface area contributed by atoms with Crippen molar-refractivity contribution in [2.24, 2.45) is 10.2 Å². The molecule has 0 spiro atoms. The molecule has 3 heteroatoms. The Balaban J connectivity index is 1.86. The van der Waals surface area contributed by atoms with E-state index in [-0.39, 0.29) is 5.82 Å². The average Bonchev–Trinajstić information content (AvgIpc) is 2.61. The van der Waals surface area contributed by atoms with Gasteiger partial charge in [0.2, 0.25) is 0 Å². The molecule has 0 unspecified atom stereocenters. The first-order chi connectivity index (χ1) is 12.2. The van der Waals surface area contributed by atoms with Gasteiger partial charge in [-0.25, -0.2) is 4.39 Å². The number of unbranched alkanes of at least 4 members (excludes halogenated alkanes) is 4. The van der Waals surface area contributed by atoms with Crippen LogP contribution in [-0.2, 0) is 6.42 Å². The second-order valence-corrected chi connectivity index (χ2v) is 6.42. The maximum atomic E-state index is 14.1. The summed E-state index contributed by atoms with van der Waals surface area (Å²) in [7, 11) is 0. The predicted molar refractivity (Wildman–Crippen MR) is 105 cm³/mol. The van der Waals surface area contributed by atoms with E-state index in [2.05, 4.69) is 17.1 Å². The summed E-state index contributed by atoms with van der Waals surface area (Å²) in [5, 5.41) is 7.94. The molecule has 0 aliphatic carbocycles. The second-order valence-electron chi connectivity index (χ2n) is 6.42. The smallest absolute Gasteiger partial charge is 0.132 e. The number of hydrogen-bond donors (Lipinski definition) is 0. The van der Waals surface area contributed by atoms with Gasteiger partial charge in [-0.15, -0.1) is 0 Å². The van der Waals surface area contributed by atoms with Crippen LogP contribution in [0.5, 0.6) is 0 Å². The van der Waals surface area contributed by atoms with Gasteiger partial charge in [0, 0.05) is 5.56 Å². The predicted octanol–water partition coefficient (Wildman–Crippen LogP) is 6.10. The SMILES string of the molecule is CCCCCCCc1ccc(C=NN=Cc2ccc(C)cc2)c(F)c1. The highest BCUT2D eigenvalue weighted by atomic mass is 19.1. The Bertz CT molecular complexity index is 702.